The van der Waals surface area contributed by atoms with Gasteiger partial charge < -0.3 is 25.7 Å². The Morgan fingerprint density at radius 2 is 2.26 bits per heavy atom. The van der Waals surface area contributed by atoms with Crippen LogP contribution in [0.5, 0.6) is 0 Å². The third-order valence-corrected chi connectivity index (χ3v) is 3.60. The van der Waals surface area contributed by atoms with Gasteiger partial charge in [-0.1, -0.05) is 0 Å². The number of hydrogen-bond donors (Lipinski definition) is 3. The van der Waals surface area contributed by atoms with Crippen molar-refractivity contribution in [1.29, 1.82) is 5.26 Å². The molecule has 8 nitrogen and oxygen atoms in total. The number of rotatable bonds is 2. The number of ether oxygens (including phenoxy) is 1. The summed E-state index contributed by atoms with van der Waals surface area (Å²) < 4.78 is 6.26. The van der Waals surface area contributed by atoms with Crippen molar-refractivity contribution in [2.24, 2.45) is 0 Å². The van der Waals surface area contributed by atoms with Crippen LogP contribution in [-0.2, 0) is 11.3 Å². The van der Waals surface area contributed by atoms with Gasteiger partial charge in [0.2, 0.25) is 0 Å². The second-order valence-electron chi connectivity index (χ2n) is 4.93. The highest BCUT2D eigenvalue weighted by Gasteiger charge is 2.22. The number of fused-ring (bicyclic) bond motifs is 1. The standard InChI is InChI=1S/C15H13N5O3/c1-23-14(21)13-12(17)9(5-16)7-20(13)10-2-3-11-8(4-10)6-18-15(22)19-11/h2-4,7H,6,17H2,1H3,(H2,18,19,22). The molecule has 23 heavy (non-hydrogen) atoms. The minimum atomic E-state index is -0.631. The van der Waals surface area contributed by atoms with E-state index in [4.69, 9.17) is 15.7 Å². The molecule has 4 N–H and O–H groups in total. The number of esters is 1. The third-order valence-electron chi connectivity index (χ3n) is 3.60. The summed E-state index contributed by atoms with van der Waals surface area (Å²) in [6.45, 7) is 0.365. The van der Waals surface area contributed by atoms with Crippen LogP contribution in [0.3, 0.4) is 0 Å². The first-order valence-corrected chi connectivity index (χ1v) is 6.72. The molecule has 0 radical (unpaired) electrons. The molecule has 1 aliphatic heterocycles. The van der Waals surface area contributed by atoms with Gasteiger partial charge in [0, 0.05) is 24.1 Å². The first kappa shape index (κ1) is 14.5. The van der Waals surface area contributed by atoms with Crippen LogP contribution in [0.4, 0.5) is 16.2 Å². The van der Waals surface area contributed by atoms with Crippen LogP contribution in [0, 0.1) is 11.3 Å². The number of benzene rings is 1. The Bertz CT molecular complexity index is 863. The molecule has 2 heterocycles. The Kier molecular flexibility index (Phi) is 3.38. The predicted octanol–water partition coefficient (Wildman–Crippen LogP) is 1.35. The lowest BCUT2D eigenvalue weighted by Gasteiger charge is -2.19. The molecular weight excluding hydrogens is 298 g/mol. The van der Waals surface area contributed by atoms with E-state index in [2.05, 4.69) is 10.6 Å². The van der Waals surface area contributed by atoms with E-state index in [1.54, 1.807) is 18.2 Å². The summed E-state index contributed by atoms with van der Waals surface area (Å²) in [7, 11) is 1.25. The lowest BCUT2D eigenvalue weighted by molar-refractivity contribution is 0.0593. The number of hydrogen-bond acceptors (Lipinski definition) is 5. The summed E-state index contributed by atoms with van der Waals surface area (Å²) in [5.41, 5.74) is 8.40. The molecule has 1 aromatic heterocycles. The second-order valence-corrected chi connectivity index (χ2v) is 4.93. The van der Waals surface area contributed by atoms with Crippen molar-refractivity contribution in [3.63, 3.8) is 0 Å². The zero-order valence-electron chi connectivity index (χ0n) is 12.2. The minimum Gasteiger partial charge on any atom is -0.464 e. The summed E-state index contributed by atoms with van der Waals surface area (Å²) in [4.78, 5) is 23.3. The van der Waals surface area contributed by atoms with Gasteiger partial charge in [-0.2, -0.15) is 5.26 Å². The van der Waals surface area contributed by atoms with Gasteiger partial charge in [-0.15, -0.1) is 0 Å². The molecule has 0 unspecified atom stereocenters. The first-order valence-electron chi connectivity index (χ1n) is 6.72. The molecule has 2 amide bonds. The molecule has 0 saturated carbocycles. The molecule has 3 rings (SSSR count). The molecule has 1 aromatic carbocycles. The maximum absolute atomic E-state index is 12.0. The van der Waals surface area contributed by atoms with Gasteiger partial charge in [-0.3, -0.25) is 0 Å². The zero-order valence-corrected chi connectivity index (χ0v) is 12.2. The monoisotopic (exact) mass is 311 g/mol. The molecule has 8 heteroatoms. The highest BCUT2D eigenvalue weighted by molar-refractivity contribution is 5.96. The topological polar surface area (TPSA) is 122 Å². The predicted molar refractivity (Wildman–Crippen MR) is 82.1 cm³/mol. The number of nitrogens with one attached hydrogen (secondary N) is 2. The Hall–Kier alpha value is -3.47. The van der Waals surface area contributed by atoms with Crippen molar-refractivity contribution in [2.45, 2.75) is 6.54 Å². The number of carbonyl (C=O) groups is 2. The maximum Gasteiger partial charge on any atom is 0.357 e. The fourth-order valence-corrected chi connectivity index (χ4v) is 2.46. The van der Waals surface area contributed by atoms with Gasteiger partial charge in [0.05, 0.1) is 18.4 Å². The van der Waals surface area contributed by atoms with Crippen LogP contribution < -0.4 is 16.4 Å². The SMILES string of the molecule is COC(=O)c1c(N)c(C#N)cn1-c1ccc2c(c1)CNC(=O)N2. The quantitative estimate of drug-likeness (QED) is 0.723. The summed E-state index contributed by atoms with van der Waals surface area (Å²) in [6, 6.07) is 6.93. The molecule has 0 fully saturated rings. The number of carbonyl (C=O) groups excluding carboxylic acids is 2. The van der Waals surface area contributed by atoms with Crippen molar-refractivity contribution < 1.29 is 14.3 Å². The molecule has 0 bridgehead atoms. The number of nitrogen functional groups attached to an aromatic ring is 1. The van der Waals surface area contributed by atoms with Gasteiger partial charge >= 0.3 is 12.0 Å². The van der Waals surface area contributed by atoms with Gasteiger partial charge in [-0.05, 0) is 23.8 Å². The second kappa shape index (κ2) is 5.38. The lowest BCUT2D eigenvalue weighted by Crippen LogP contribution is -2.33. The molecule has 0 spiro atoms. The number of nitriles is 1. The van der Waals surface area contributed by atoms with Crippen LogP contribution >= 0.6 is 0 Å². The minimum absolute atomic E-state index is 0.0727. The summed E-state index contributed by atoms with van der Waals surface area (Å²) in [6.07, 6.45) is 1.48. The average Bonchev–Trinajstić information content (AvgIpc) is 2.90. The molecular formula is C15H13N5O3. The Morgan fingerprint density at radius 3 is 2.96 bits per heavy atom. The number of nitrogens with zero attached hydrogens (tertiary/aromatic N) is 2. The summed E-state index contributed by atoms with van der Waals surface area (Å²) >= 11 is 0. The maximum atomic E-state index is 12.0. The zero-order chi connectivity index (χ0) is 16.6. The highest BCUT2D eigenvalue weighted by atomic mass is 16.5. The molecule has 2 aromatic rings. The number of anilines is 2. The van der Waals surface area contributed by atoms with Crippen LogP contribution in [0.15, 0.2) is 24.4 Å². The van der Waals surface area contributed by atoms with E-state index in [1.165, 1.54) is 17.9 Å². The molecule has 0 saturated heterocycles. The van der Waals surface area contributed by atoms with E-state index in [1.807, 2.05) is 6.07 Å². The molecule has 1 aliphatic rings. The fourth-order valence-electron chi connectivity index (χ4n) is 2.46. The number of amides is 2. The molecule has 116 valence electrons. The van der Waals surface area contributed by atoms with Crippen molar-refractivity contribution in [3.8, 4) is 11.8 Å². The van der Waals surface area contributed by atoms with E-state index in [9.17, 15) is 9.59 Å². The van der Waals surface area contributed by atoms with Crippen molar-refractivity contribution in [1.82, 2.24) is 9.88 Å². The Labute approximate surface area is 131 Å². The lowest BCUT2D eigenvalue weighted by atomic mass is 10.1. The average molecular weight is 311 g/mol. The number of methoxy groups -OCH3 is 1. The smallest absolute Gasteiger partial charge is 0.357 e. The van der Waals surface area contributed by atoms with Crippen molar-refractivity contribution in [3.05, 3.63) is 41.2 Å². The summed E-state index contributed by atoms with van der Waals surface area (Å²) in [5.74, 6) is -0.631. The summed E-state index contributed by atoms with van der Waals surface area (Å²) in [5, 5.41) is 14.5. The Morgan fingerprint density at radius 1 is 1.48 bits per heavy atom. The van der Waals surface area contributed by atoms with E-state index in [0.717, 1.165) is 5.56 Å². The van der Waals surface area contributed by atoms with E-state index >= 15 is 0 Å². The van der Waals surface area contributed by atoms with Gasteiger partial charge in [-0.25, -0.2) is 9.59 Å². The van der Waals surface area contributed by atoms with Crippen molar-refractivity contribution in [2.75, 3.05) is 18.2 Å². The van der Waals surface area contributed by atoms with Crippen LogP contribution in [0.1, 0.15) is 21.6 Å². The fraction of sp³-hybridized carbons (Fsp3) is 0.133. The van der Waals surface area contributed by atoms with Gasteiger partial charge in [0.25, 0.3) is 0 Å². The van der Waals surface area contributed by atoms with Crippen LogP contribution in [0.25, 0.3) is 5.69 Å². The van der Waals surface area contributed by atoms with E-state index < -0.39 is 5.97 Å². The van der Waals surface area contributed by atoms with Gasteiger partial charge in [0.1, 0.15) is 6.07 Å². The molecule has 0 atom stereocenters. The van der Waals surface area contributed by atoms with Crippen molar-refractivity contribution >= 4 is 23.4 Å². The van der Waals surface area contributed by atoms with Crippen LogP contribution in [-0.4, -0.2) is 23.7 Å². The number of nitrogens with two attached hydrogens (primary N) is 1. The largest absolute Gasteiger partial charge is 0.464 e. The molecule has 0 aliphatic carbocycles. The number of aromatic nitrogens is 1. The number of urea groups is 1. The highest BCUT2D eigenvalue weighted by Crippen LogP contribution is 2.28. The first-order chi connectivity index (χ1) is 11.0. The van der Waals surface area contributed by atoms with E-state index in [-0.39, 0.29) is 23.0 Å². The Balaban J connectivity index is 2.14. The third kappa shape index (κ3) is 2.34. The van der Waals surface area contributed by atoms with Crippen LogP contribution in [0.2, 0.25) is 0 Å². The normalized spacial score (nSPS) is 12.6. The van der Waals surface area contributed by atoms with Gasteiger partial charge in [0.15, 0.2) is 5.69 Å². The van der Waals surface area contributed by atoms with E-state index in [0.29, 0.717) is 17.9 Å².